The number of hydrogen-bond acceptors (Lipinski definition) is 4. The van der Waals surface area contributed by atoms with E-state index in [-0.39, 0.29) is 5.75 Å². The van der Waals surface area contributed by atoms with Gasteiger partial charge in [0, 0.05) is 11.5 Å². The summed E-state index contributed by atoms with van der Waals surface area (Å²) in [4.78, 5) is 9.90. The van der Waals surface area contributed by atoms with Crippen molar-refractivity contribution < 1.29 is 9.94 Å². The van der Waals surface area contributed by atoms with Crippen LogP contribution in [0.4, 0.5) is 5.69 Å². The van der Waals surface area contributed by atoms with Crippen LogP contribution < -0.4 is 5.48 Å². The fourth-order valence-electron chi connectivity index (χ4n) is 1.95. The third kappa shape index (κ3) is 2.87. The minimum absolute atomic E-state index is 0.197. The van der Waals surface area contributed by atoms with Gasteiger partial charge in [0.1, 0.15) is 12.4 Å². The number of aromatic hydroxyl groups is 1. The van der Waals surface area contributed by atoms with Crippen LogP contribution in [-0.4, -0.2) is 10.1 Å². The van der Waals surface area contributed by atoms with Crippen LogP contribution in [0.1, 0.15) is 5.69 Å². The van der Waals surface area contributed by atoms with Crippen LogP contribution in [0.25, 0.3) is 10.9 Å². The zero-order chi connectivity index (χ0) is 13.8. The lowest BCUT2D eigenvalue weighted by Gasteiger charge is -2.07. The highest BCUT2D eigenvalue weighted by atomic mass is 16.6. The first-order chi connectivity index (χ1) is 9.81. The molecule has 0 spiro atoms. The maximum Gasteiger partial charge on any atom is 0.117 e. The molecule has 20 heavy (non-hydrogen) atoms. The molecule has 0 aliphatic carbocycles. The van der Waals surface area contributed by atoms with Gasteiger partial charge in [0.2, 0.25) is 0 Å². The number of hydrogen-bond donors (Lipinski definition) is 2. The lowest BCUT2D eigenvalue weighted by atomic mass is 10.2. The molecule has 1 heterocycles. The Morgan fingerprint density at radius 3 is 2.80 bits per heavy atom. The normalized spacial score (nSPS) is 10.6. The highest BCUT2D eigenvalue weighted by Crippen LogP contribution is 2.16. The SMILES string of the molecule is Oc1cccc(NOCc2ccc3ccccc3n2)c1. The summed E-state index contributed by atoms with van der Waals surface area (Å²) in [6.07, 6.45) is 0. The molecule has 0 saturated carbocycles. The molecule has 4 nitrogen and oxygen atoms in total. The number of rotatable bonds is 4. The molecule has 0 saturated heterocycles. The van der Waals surface area contributed by atoms with Crippen LogP contribution in [0.2, 0.25) is 0 Å². The smallest absolute Gasteiger partial charge is 0.117 e. The van der Waals surface area contributed by atoms with Crippen molar-refractivity contribution >= 4 is 16.6 Å². The van der Waals surface area contributed by atoms with Gasteiger partial charge in [0.05, 0.1) is 16.9 Å². The summed E-state index contributed by atoms with van der Waals surface area (Å²) in [7, 11) is 0. The summed E-state index contributed by atoms with van der Waals surface area (Å²) >= 11 is 0. The first-order valence-corrected chi connectivity index (χ1v) is 6.33. The number of pyridine rings is 1. The van der Waals surface area contributed by atoms with Gasteiger partial charge >= 0.3 is 0 Å². The van der Waals surface area contributed by atoms with Crippen molar-refractivity contribution in [2.24, 2.45) is 0 Å². The van der Waals surface area contributed by atoms with Gasteiger partial charge in [-0.05, 0) is 24.3 Å². The van der Waals surface area contributed by atoms with Crippen molar-refractivity contribution in [1.82, 2.24) is 4.98 Å². The molecule has 0 bridgehead atoms. The highest BCUT2D eigenvalue weighted by Gasteiger charge is 1.99. The lowest BCUT2D eigenvalue weighted by molar-refractivity contribution is 0.177. The molecule has 1 aromatic heterocycles. The van der Waals surface area contributed by atoms with Gasteiger partial charge in [0.15, 0.2) is 0 Å². The second kappa shape index (κ2) is 5.59. The predicted octanol–water partition coefficient (Wildman–Crippen LogP) is 3.48. The average molecular weight is 266 g/mol. The Morgan fingerprint density at radius 1 is 1.00 bits per heavy atom. The van der Waals surface area contributed by atoms with E-state index in [4.69, 9.17) is 4.84 Å². The molecule has 0 amide bonds. The van der Waals surface area contributed by atoms with Crippen molar-refractivity contribution in [3.63, 3.8) is 0 Å². The Hall–Kier alpha value is -2.59. The van der Waals surface area contributed by atoms with Crippen LogP contribution in [0.3, 0.4) is 0 Å². The number of anilines is 1. The van der Waals surface area contributed by atoms with E-state index in [1.54, 1.807) is 18.2 Å². The van der Waals surface area contributed by atoms with E-state index < -0.39 is 0 Å². The number of nitrogens with zero attached hydrogens (tertiary/aromatic N) is 1. The molecule has 2 N–H and O–H groups in total. The van der Waals surface area contributed by atoms with Gasteiger partial charge in [-0.25, -0.2) is 0 Å². The molecule has 3 rings (SSSR count). The highest BCUT2D eigenvalue weighted by molar-refractivity contribution is 5.78. The number of nitrogens with one attached hydrogen (secondary N) is 1. The van der Waals surface area contributed by atoms with Gasteiger partial charge in [-0.15, -0.1) is 0 Å². The monoisotopic (exact) mass is 266 g/mol. The van der Waals surface area contributed by atoms with Crippen LogP contribution in [-0.2, 0) is 11.4 Å². The molecule has 0 aliphatic rings. The van der Waals surface area contributed by atoms with E-state index in [0.29, 0.717) is 12.3 Å². The van der Waals surface area contributed by atoms with Crippen LogP contribution in [0, 0.1) is 0 Å². The summed E-state index contributed by atoms with van der Waals surface area (Å²) < 4.78 is 0. The minimum atomic E-state index is 0.197. The predicted molar refractivity (Wildman–Crippen MR) is 78.3 cm³/mol. The summed E-state index contributed by atoms with van der Waals surface area (Å²) in [6, 6.07) is 18.7. The number of para-hydroxylation sites is 1. The van der Waals surface area contributed by atoms with E-state index >= 15 is 0 Å². The third-order valence-electron chi connectivity index (χ3n) is 2.91. The quantitative estimate of drug-likeness (QED) is 0.710. The number of benzene rings is 2. The molecule has 4 heteroatoms. The summed E-state index contributed by atoms with van der Waals surface area (Å²) in [5.41, 5.74) is 5.28. The Balaban J connectivity index is 1.65. The Labute approximate surface area is 116 Å². The fourth-order valence-corrected chi connectivity index (χ4v) is 1.95. The summed E-state index contributed by atoms with van der Waals surface area (Å²) in [5, 5.41) is 10.4. The lowest BCUT2D eigenvalue weighted by Crippen LogP contribution is -2.02. The van der Waals surface area contributed by atoms with Gasteiger partial charge in [-0.3, -0.25) is 15.3 Å². The molecule has 100 valence electrons. The zero-order valence-electron chi connectivity index (χ0n) is 10.8. The Morgan fingerprint density at radius 2 is 1.90 bits per heavy atom. The van der Waals surface area contributed by atoms with Gasteiger partial charge < -0.3 is 5.11 Å². The number of aromatic nitrogens is 1. The van der Waals surface area contributed by atoms with E-state index in [1.165, 1.54) is 0 Å². The van der Waals surface area contributed by atoms with E-state index in [0.717, 1.165) is 16.6 Å². The van der Waals surface area contributed by atoms with Crippen LogP contribution in [0.5, 0.6) is 5.75 Å². The minimum Gasteiger partial charge on any atom is -0.508 e. The standard InChI is InChI=1S/C16H14N2O2/c19-15-6-3-5-13(10-15)18-20-11-14-9-8-12-4-1-2-7-16(12)17-14/h1-10,18-19H,11H2. The molecular weight excluding hydrogens is 252 g/mol. The molecule has 0 aliphatic heterocycles. The fraction of sp³-hybridized carbons (Fsp3) is 0.0625. The molecule has 0 fully saturated rings. The van der Waals surface area contributed by atoms with E-state index in [9.17, 15) is 5.11 Å². The summed E-state index contributed by atoms with van der Waals surface area (Å²) in [6.45, 7) is 0.348. The topological polar surface area (TPSA) is 54.4 Å². The number of phenolic OH excluding ortho intramolecular Hbond substituents is 1. The zero-order valence-corrected chi connectivity index (χ0v) is 10.8. The average Bonchev–Trinajstić information content (AvgIpc) is 2.47. The van der Waals surface area contributed by atoms with Crippen molar-refractivity contribution in [3.8, 4) is 5.75 Å². The number of phenols is 1. The maximum absolute atomic E-state index is 9.34. The first kappa shape index (κ1) is 12.4. The molecule has 0 radical (unpaired) electrons. The van der Waals surface area contributed by atoms with Crippen LogP contribution >= 0.6 is 0 Å². The Kier molecular flexibility index (Phi) is 3.48. The van der Waals surface area contributed by atoms with Crippen molar-refractivity contribution in [2.45, 2.75) is 6.61 Å². The molecule has 0 atom stereocenters. The molecule has 2 aromatic carbocycles. The molecular formula is C16H14N2O2. The van der Waals surface area contributed by atoms with Crippen molar-refractivity contribution in [1.29, 1.82) is 0 Å². The van der Waals surface area contributed by atoms with E-state index in [1.807, 2.05) is 42.5 Å². The van der Waals surface area contributed by atoms with Crippen LogP contribution in [0.15, 0.2) is 60.7 Å². The Bertz CT molecular complexity index is 728. The second-order valence-electron chi connectivity index (χ2n) is 4.44. The van der Waals surface area contributed by atoms with Crippen molar-refractivity contribution in [3.05, 3.63) is 66.4 Å². The first-order valence-electron chi connectivity index (χ1n) is 6.33. The van der Waals surface area contributed by atoms with Gasteiger partial charge in [-0.2, -0.15) is 0 Å². The maximum atomic E-state index is 9.34. The largest absolute Gasteiger partial charge is 0.508 e. The third-order valence-corrected chi connectivity index (χ3v) is 2.91. The molecule has 0 unspecified atom stereocenters. The molecule has 3 aromatic rings. The van der Waals surface area contributed by atoms with E-state index in [2.05, 4.69) is 10.5 Å². The van der Waals surface area contributed by atoms with Crippen molar-refractivity contribution in [2.75, 3.05) is 5.48 Å². The number of fused-ring (bicyclic) bond motifs is 1. The van der Waals surface area contributed by atoms with Gasteiger partial charge in [-0.1, -0.05) is 30.3 Å². The second-order valence-corrected chi connectivity index (χ2v) is 4.44. The summed E-state index contributed by atoms with van der Waals surface area (Å²) in [5.74, 6) is 0.197. The van der Waals surface area contributed by atoms with Gasteiger partial charge in [0.25, 0.3) is 0 Å².